The molecule has 0 fully saturated rings. The van der Waals surface area contributed by atoms with E-state index in [1.54, 1.807) is 0 Å². The standard InChI is InChI=1S/C60H42N6/c1-2-3-6-20-41-35-38-36-42(26-30-49(38)63(41)39-16-7-4-8-17-39)66-54-33-29-46-45-28-32-53-56(58(45)62-59(46)57(54)60-55(66)25-15-34-61-60)47-22-12-14-24-51(47)65(53)43-27-31-52-48(37-43)44-21-11-13-23-50(44)64(52)40-18-9-5-10-19-40/h2-14,16-24,26-37,62H,15,25H2,1H3/b3-2-,20-6-. The van der Waals surface area contributed by atoms with E-state index in [2.05, 4.69) is 230 Å². The number of benzene rings is 8. The van der Waals surface area contributed by atoms with Gasteiger partial charge in [-0.3, -0.25) is 4.99 Å². The summed E-state index contributed by atoms with van der Waals surface area (Å²) in [5.41, 5.74) is 17.4. The van der Waals surface area contributed by atoms with Gasteiger partial charge in [-0.05, 0) is 117 Å². The third-order valence-electron chi connectivity index (χ3n) is 13.9. The second-order valence-electron chi connectivity index (χ2n) is 17.5. The molecule has 312 valence electrons. The number of hydrogen-bond acceptors (Lipinski definition) is 1. The normalized spacial score (nSPS) is 13.2. The van der Waals surface area contributed by atoms with Crippen LogP contribution < -0.4 is 0 Å². The molecule has 0 amide bonds. The van der Waals surface area contributed by atoms with Gasteiger partial charge in [-0.2, -0.15) is 0 Å². The van der Waals surface area contributed by atoms with Crippen molar-refractivity contribution in [3.63, 3.8) is 0 Å². The van der Waals surface area contributed by atoms with Crippen molar-refractivity contribution in [2.45, 2.75) is 19.8 Å². The molecule has 5 aromatic heterocycles. The number of nitrogens with one attached hydrogen (secondary N) is 1. The van der Waals surface area contributed by atoms with Crippen LogP contribution in [0, 0.1) is 0 Å². The van der Waals surface area contributed by atoms with Gasteiger partial charge < -0.3 is 23.3 Å². The molecule has 14 rings (SSSR count). The fraction of sp³-hybridized carbons (Fsp3) is 0.0500. The first kappa shape index (κ1) is 36.8. The SMILES string of the molecule is C/C=C\C=C/c1cc2cc(-n3c4c(c5c6[nH]c7c(ccc8c7c7ccccc7n8-c7ccc8c(c7)c7ccccc7n8-c7ccccc7)c6ccc53)N=CCC4)ccc2n1-c1ccccc1. The summed E-state index contributed by atoms with van der Waals surface area (Å²) >= 11 is 0. The van der Waals surface area contributed by atoms with E-state index in [0.29, 0.717) is 0 Å². The van der Waals surface area contributed by atoms with E-state index < -0.39 is 0 Å². The predicted octanol–water partition coefficient (Wildman–Crippen LogP) is 15.6. The lowest BCUT2D eigenvalue weighted by molar-refractivity contribution is 0.913. The van der Waals surface area contributed by atoms with E-state index in [0.717, 1.165) is 63.5 Å². The van der Waals surface area contributed by atoms with Crippen molar-refractivity contribution in [2.24, 2.45) is 4.99 Å². The van der Waals surface area contributed by atoms with Crippen molar-refractivity contribution >= 4 is 105 Å². The molecular weight excluding hydrogens is 805 g/mol. The maximum Gasteiger partial charge on any atom is 0.0938 e. The molecule has 8 aromatic carbocycles. The molecule has 13 aromatic rings. The lowest BCUT2D eigenvalue weighted by atomic mass is 10.1. The maximum atomic E-state index is 5.18. The summed E-state index contributed by atoms with van der Waals surface area (Å²) in [6.07, 6.45) is 12.4. The smallest absolute Gasteiger partial charge is 0.0938 e. The largest absolute Gasteiger partial charge is 0.353 e. The molecule has 6 heteroatoms. The second kappa shape index (κ2) is 14.2. The molecule has 6 heterocycles. The Morgan fingerprint density at radius 1 is 0.455 bits per heavy atom. The Bertz CT molecular complexity index is 4220. The minimum absolute atomic E-state index is 0.907. The van der Waals surface area contributed by atoms with Crippen LogP contribution >= 0.6 is 0 Å². The van der Waals surface area contributed by atoms with Gasteiger partial charge in [-0.1, -0.05) is 103 Å². The molecule has 0 bridgehead atoms. The zero-order valence-electron chi connectivity index (χ0n) is 36.3. The van der Waals surface area contributed by atoms with Crippen molar-refractivity contribution in [2.75, 3.05) is 0 Å². The summed E-state index contributed by atoms with van der Waals surface area (Å²) in [6, 6.07) is 64.4. The fourth-order valence-corrected chi connectivity index (χ4v) is 11.2. The van der Waals surface area contributed by atoms with Gasteiger partial charge in [0, 0.05) is 72.4 Å². The van der Waals surface area contributed by atoms with E-state index in [9.17, 15) is 0 Å². The first-order chi connectivity index (χ1) is 32.7. The molecule has 1 aliphatic heterocycles. The van der Waals surface area contributed by atoms with Crippen molar-refractivity contribution < 1.29 is 0 Å². The molecule has 0 atom stereocenters. The Morgan fingerprint density at radius 2 is 1.05 bits per heavy atom. The van der Waals surface area contributed by atoms with Gasteiger partial charge in [0.15, 0.2) is 0 Å². The summed E-state index contributed by atoms with van der Waals surface area (Å²) in [4.78, 5) is 9.26. The van der Waals surface area contributed by atoms with Crippen LogP contribution in [0.5, 0.6) is 0 Å². The first-order valence-corrected chi connectivity index (χ1v) is 22.9. The molecule has 66 heavy (non-hydrogen) atoms. The van der Waals surface area contributed by atoms with Crippen LogP contribution in [0.25, 0.3) is 116 Å². The Morgan fingerprint density at radius 3 is 1.80 bits per heavy atom. The van der Waals surface area contributed by atoms with Crippen LogP contribution in [0.15, 0.2) is 199 Å². The number of allylic oxidation sites excluding steroid dienone is 3. The van der Waals surface area contributed by atoms with Crippen LogP contribution in [0.4, 0.5) is 5.69 Å². The quantitative estimate of drug-likeness (QED) is 0.162. The fourth-order valence-electron chi connectivity index (χ4n) is 11.2. The van der Waals surface area contributed by atoms with Crippen LogP contribution in [-0.2, 0) is 6.42 Å². The second-order valence-corrected chi connectivity index (χ2v) is 17.5. The number of para-hydroxylation sites is 4. The molecule has 0 saturated carbocycles. The van der Waals surface area contributed by atoms with E-state index in [1.807, 2.05) is 6.92 Å². The number of fused-ring (bicyclic) bond motifs is 15. The molecular formula is C60H42N6. The van der Waals surface area contributed by atoms with Crippen molar-refractivity contribution in [3.8, 4) is 22.7 Å². The van der Waals surface area contributed by atoms with Crippen LogP contribution in [0.3, 0.4) is 0 Å². The lowest BCUT2D eigenvalue weighted by Gasteiger charge is -2.14. The third kappa shape index (κ3) is 5.21. The number of rotatable bonds is 6. The zero-order chi connectivity index (χ0) is 43.5. The van der Waals surface area contributed by atoms with Crippen LogP contribution in [0.1, 0.15) is 24.7 Å². The Balaban J connectivity index is 0.978. The first-order valence-electron chi connectivity index (χ1n) is 22.9. The minimum Gasteiger partial charge on any atom is -0.353 e. The Hall–Kier alpha value is -8.61. The van der Waals surface area contributed by atoms with Crippen molar-refractivity contribution in [3.05, 3.63) is 206 Å². The number of nitrogens with zero attached hydrogens (tertiary/aromatic N) is 5. The van der Waals surface area contributed by atoms with Gasteiger partial charge in [0.25, 0.3) is 0 Å². The lowest BCUT2D eigenvalue weighted by Crippen LogP contribution is -2.03. The third-order valence-corrected chi connectivity index (χ3v) is 13.9. The molecule has 0 aliphatic carbocycles. The molecule has 1 aliphatic rings. The van der Waals surface area contributed by atoms with Crippen molar-refractivity contribution in [1.29, 1.82) is 0 Å². The number of aromatic nitrogens is 5. The highest BCUT2D eigenvalue weighted by Crippen LogP contribution is 2.46. The van der Waals surface area contributed by atoms with Crippen LogP contribution in [-0.4, -0.2) is 29.5 Å². The average Bonchev–Trinajstić information content (AvgIpc) is 4.17. The Kier molecular flexibility index (Phi) is 7.92. The highest BCUT2D eigenvalue weighted by Gasteiger charge is 2.25. The van der Waals surface area contributed by atoms with E-state index in [1.165, 1.54) is 76.4 Å². The topological polar surface area (TPSA) is 47.9 Å². The number of hydrogen-bond donors (Lipinski definition) is 1. The highest BCUT2D eigenvalue weighted by molar-refractivity contribution is 6.29. The summed E-state index contributed by atoms with van der Waals surface area (Å²) in [5, 5.41) is 9.71. The number of aliphatic imine (C=N–C) groups is 1. The molecule has 0 radical (unpaired) electrons. The predicted molar refractivity (Wildman–Crippen MR) is 278 cm³/mol. The van der Waals surface area contributed by atoms with Gasteiger partial charge in [-0.25, -0.2) is 0 Å². The highest BCUT2D eigenvalue weighted by atomic mass is 15.0. The van der Waals surface area contributed by atoms with E-state index in [4.69, 9.17) is 4.99 Å². The van der Waals surface area contributed by atoms with Crippen LogP contribution in [0.2, 0.25) is 0 Å². The monoisotopic (exact) mass is 846 g/mol. The van der Waals surface area contributed by atoms with Gasteiger partial charge in [0.05, 0.1) is 60.9 Å². The minimum atomic E-state index is 0.907. The molecule has 0 saturated heterocycles. The van der Waals surface area contributed by atoms with Gasteiger partial charge >= 0.3 is 0 Å². The van der Waals surface area contributed by atoms with Gasteiger partial charge in [0.1, 0.15) is 0 Å². The van der Waals surface area contributed by atoms with Gasteiger partial charge in [-0.15, -0.1) is 0 Å². The summed E-state index contributed by atoms with van der Waals surface area (Å²) in [7, 11) is 0. The molecule has 0 unspecified atom stereocenters. The molecule has 6 nitrogen and oxygen atoms in total. The molecule has 0 spiro atoms. The molecule has 1 N–H and O–H groups in total. The maximum absolute atomic E-state index is 5.18. The zero-order valence-corrected chi connectivity index (χ0v) is 36.3. The van der Waals surface area contributed by atoms with Crippen molar-refractivity contribution in [1.82, 2.24) is 23.3 Å². The van der Waals surface area contributed by atoms with E-state index in [-0.39, 0.29) is 0 Å². The average molecular weight is 847 g/mol. The summed E-state index contributed by atoms with van der Waals surface area (Å²) in [5.74, 6) is 0. The number of aromatic amines is 1. The Labute approximate surface area is 379 Å². The summed E-state index contributed by atoms with van der Waals surface area (Å²) < 4.78 is 9.64. The van der Waals surface area contributed by atoms with E-state index >= 15 is 0 Å². The number of H-pyrrole nitrogens is 1. The summed E-state index contributed by atoms with van der Waals surface area (Å²) in [6.45, 7) is 2.05. The van der Waals surface area contributed by atoms with Gasteiger partial charge in [0.2, 0.25) is 0 Å².